The quantitative estimate of drug-likeness (QED) is 0.120. The molecule has 8 aromatic rings. The average Bonchev–Trinajstić information content (AvgIpc) is 3.58. The molecule has 0 bridgehead atoms. The maximum Gasteiger partial charge on any atom is 0.133 e. The van der Waals surface area contributed by atoms with E-state index in [0.717, 1.165) is 52.5 Å². The fourth-order valence-electron chi connectivity index (χ4n) is 7.75. The standard InChI is InChI=1S/C39H38N2.C18H15N/c1-6-39(40-37(33-20-11-8-12-21-33)27-30(4)32-18-9-7-10-19-32)41-31(5)35(36-23-15-16-24-38(36)41)26-25-29(3)34-22-14-13-17-28(34)2;1-14-12-17(15-8-4-2-5-9-15)19-18(13-14)16-10-6-3-7-11-16/h6-24,27H,3,25-26H2,1-2,4-5H3;2-13H,1H3/b30-27+,39-6-,40-37+;. The van der Waals surface area contributed by atoms with Crippen LogP contribution in [0.15, 0.2) is 206 Å². The van der Waals surface area contributed by atoms with Gasteiger partial charge in [0.15, 0.2) is 0 Å². The number of aromatic nitrogens is 2. The first-order chi connectivity index (χ1) is 29.3. The summed E-state index contributed by atoms with van der Waals surface area (Å²) in [6.07, 6.45) is 6.14. The highest BCUT2D eigenvalue weighted by Crippen LogP contribution is 2.33. The van der Waals surface area contributed by atoms with E-state index in [1.807, 2.05) is 42.5 Å². The van der Waals surface area contributed by atoms with Crippen LogP contribution in [0.25, 0.3) is 50.4 Å². The van der Waals surface area contributed by atoms with Crippen LogP contribution in [0.3, 0.4) is 0 Å². The van der Waals surface area contributed by atoms with E-state index in [9.17, 15) is 0 Å². The Morgan fingerprint density at radius 1 is 0.633 bits per heavy atom. The van der Waals surface area contributed by atoms with Crippen LogP contribution in [-0.2, 0) is 6.42 Å². The Kier molecular flexibility index (Phi) is 13.4. The molecule has 0 saturated heterocycles. The van der Waals surface area contributed by atoms with Crippen molar-refractivity contribution in [2.45, 2.75) is 47.5 Å². The summed E-state index contributed by atoms with van der Waals surface area (Å²) in [6.45, 7) is 15.2. The van der Waals surface area contributed by atoms with Crippen LogP contribution in [0, 0.1) is 20.8 Å². The van der Waals surface area contributed by atoms with Gasteiger partial charge in [0, 0.05) is 27.8 Å². The summed E-state index contributed by atoms with van der Waals surface area (Å²) in [5.41, 5.74) is 17.4. The number of aliphatic imine (C=N–C) groups is 1. The number of hydrogen-bond acceptors (Lipinski definition) is 2. The van der Waals surface area contributed by atoms with E-state index in [4.69, 9.17) is 9.98 Å². The van der Waals surface area contributed by atoms with Crippen LogP contribution in [0.2, 0.25) is 0 Å². The van der Waals surface area contributed by atoms with Gasteiger partial charge in [-0.3, -0.25) is 4.57 Å². The van der Waals surface area contributed by atoms with Gasteiger partial charge in [-0.05, 0) is 117 Å². The molecular weight excluding hydrogens is 727 g/mol. The average molecular weight is 780 g/mol. The van der Waals surface area contributed by atoms with Crippen molar-refractivity contribution in [3.63, 3.8) is 0 Å². The second kappa shape index (κ2) is 19.6. The monoisotopic (exact) mass is 779 g/mol. The van der Waals surface area contributed by atoms with E-state index in [1.54, 1.807) is 0 Å². The lowest BCUT2D eigenvalue weighted by Gasteiger charge is -2.13. The number of hydrogen-bond donors (Lipinski definition) is 0. The summed E-state index contributed by atoms with van der Waals surface area (Å²) in [5.74, 6) is 0.915. The van der Waals surface area contributed by atoms with Crippen molar-refractivity contribution < 1.29 is 0 Å². The molecule has 0 atom stereocenters. The van der Waals surface area contributed by atoms with Crippen molar-refractivity contribution >= 4 is 33.6 Å². The van der Waals surface area contributed by atoms with Crippen molar-refractivity contribution in [2.24, 2.45) is 4.99 Å². The van der Waals surface area contributed by atoms with Crippen LogP contribution in [0.5, 0.6) is 0 Å². The lowest BCUT2D eigenvalue weighted by atomic mass is 9.95. The fraction of sp³-hybridized carbons (Fsp3) is 0.123. The third kappa shape index (κ3) is 9.77. The molecular formula is C57H53N3. The molecule has 0 aliphatic heterocycles. The van der Waals surface area contributed by atoms with Crippen molar-refractivity contribution in [1.82, 2.24) is 9.55 Å². The molecule has 60 heavy (non-hydrogen) atoms. The molecule has 0 amide bonds. The molecule has 0 fully saturated rings. The number of aryl methyl sites for hydroxylation is 3. The van der Waals surface area contributed by atoms with Crippen LogP contribution >= 0.6 is 0 Å². The fourth-order valence-corrected chi connectivity index (χ4v) is 7.75. The number of allylic oxidation sites excluding steroid dienone is 4. The SMILES string of the molecule is C=C(CCc1c(C)n(C(=C\C)/N=C(\C=C(/C)c2ccccc2)c2ccccc2)c2ccccc12)c1ccccc1C.Cc1cc(-c2ccccc2)nc(-c2ccccc2)c1. The first-order valence-corrected chi connectivity index (χ1v) is 20.8. The number of rotatable bonds is 11. The van der Waals surface area contributed by atoms with Gasteiger partial charge in [-0.1, -0.05) is 170 Å². The van der Waals surface area contributed by atoms with Gasteiger partial charge in [-0.15, -0.1) is 0 Å². The first kappa shape index (κ1) is 41.1. The Labute approximate surface area is 356 Å². The zero-order valence-electron chi connectivity index (χ0n) is 35.4. The molecule has 0 spiro atoms. The van der Waals surface area contributed by atoms with Gasteiger partial charge >= 0.3 is 0 Å². The number of pyridine rings is 1. The highest BCUT2D eigenvalue weighted by Gasteiger charge is 2.17. The third-order valence-electron chi connectivity index (χ3n) is 10.9. The van der Waals surface area contributed by atoms with Crippen LogP contribution < -0.4 is 0 Å². The largest absolute Gasteiger partial charge is 0.298 e. The summed E-state index contributed by atoms with van der Waals surface area (Å²) in [5, 5.41) is 1.27. The topological polar surface area (TPSA) is 30.2 Å². The van der Waals surface area contributed by atoms with E-state index < -0.39 is 0 Å². The third-order valence-corrected chi connectivity index (χ3v) is 10.9. The van der Waals surface area contributed by atoms with E-state index >= 15 is 0 Å². The van der Waals surface area contributed by atoms with E-state index in [-0.39, 0.29) is 0 Å². The molecule has 3 heteroatoms. The van der Waals surface area contributed by atoms with Gasteiger partial charge in [0.2, 0.25) is 0 Å². The molecule has 0 aliphatic carbocycles. The summed E-state index contributed by atoms with van der Waals surface area (Å²) in [4.78, 5) is 10.1. The molecule has 0 N–H and O–H groups in total. The van der Waals surface area contributed by atoms with Gasteiger partial charge in [0.1, 0.15) is 5.82 Å². The lowest BCUT2D eigenvalue weighted by Crippen LogP contribution is -2.04. The molecule has 6 aromatic carbocycles. The van der Waals surface area contributed by atoms with E-state index in [2.05, 4.69) is 197 Å². The minimum absolute atomic E-state index is 0.905. The second-order valence-corrected chi connectivity index (χ2v) is 15.2. The van der Waals surface area contributed by atoms with Gasteiger partial charge in [-0.25, -0.2) is 9.98 Å². The number of para-hydroxylation sites is 1. The maximum atomic E-state index is 5.33. The molecule has 8 rings (SSSR count). The molecule has 0 saturated carbocycles. The summed E-state index contributed by atoms with van der Waals surface area (Å²) in [7, 11) is 0. The van der Waals surface area contributed by atoms with E-state index in [0.29, 0.717) is 0 Å². The Morgan fingerprint density at radius 2 is 1.15 bits per heavy atom. The molecule has 296 valence electrons. The number of benzene rings is 6. The van der Waals surface area contributed by atoms with Gasteiger partial charge < -0.3 is 0 Å². The smallest absolute Gasteiger partial charge is 0.133 e. The Morgan fingerprint density at radius 3 is 1.73 bits per heavy atom. The summed E-state index contributed by atoms with van der Waals surface area (Å²) < 4.78 is 2.32. The predicted octanol–water partition coefficient (Wildman–Crippen LogP) is 15.0. The van der Waals surface area contributed by atoms with Crippen LogP contribution in [0.4, 0.5) is 0 Å². The van der Waals surface area contributed by atoms with Gasteiger partial charge in [0.25, 0.3) is 0 Å². The molecule has 0 aliphatic rings. The highest BCUT2D eigenvalue weighted by molar-refractivity contribution is 6.13. The predicted molar refractivity (Wildman–Crippen MR) is 258 cm³/mol. The van der Waals surface area contributed by atoms with Crippen molar-refractivity contribution in [2.75, 3.05) is 0 Å². The Bertz CT molecular complexity index is 2730. The zero-order chi connectivity index (χ0) is 41.8. The van der Waals surface area contributed by atoms with Gasteiger partial charge in [0.05, 0.1) is 22.6 Å². The number of nitrogens with zero attached hydrogens (tertiary/aromatic N) is 3. The Balaban J connectivity index is 0.000000238. The lowest BCUT2D eigenvalue weighted by molar-refractivity contribution is 0.969. The Hall–Kier alpha value is -7.10. The number of fused-ring (bicyclic) bond motifs is 1. The minimum Gasteiger partial charge on any atom is -0.298 e. The van der Waals surface area contributed by atoms with Crippen molar-refractivity contribution in [1.29, 1.82) is 0 Å². The summed E-state index contributed by atoms with van der Waals surface area (Å²) in [6, 6.07) is 63.0. The maximum absolute atomic E-state index is 5.33. The molecule has 2 heterocycles. The van der Waals surface area contributed by atoms with Crippen molar-refractivity contribution in [3.8, 4) is 22.5 Å². The van der Waals surface area contributed by atoms with Crippen LogP contribution in [0.1, 0.15) is 59.3 Å². The minimum atomic E-state index is 0.905. The molecule has 3 nitrogen and oxygen atoms in total. The van der Waals surface area contributed by atoms with Crippen molar-refractivity contribution in [3.05, 3.63) is 240 Å². The van der Waals surface area contributed by atoms with Gasteiger partial charge in [-0.2, -0.15) is 0 Å². The molecule has 0 radical (unpaired) electrons. The highest BCUT2D eigenvalue weighted by atomic mass is 15.1. The molecule has 2 aromatic heterocycles. The van der Waals surface area contributed by atoms with Crippen LogP contribution in [-0.4, -0.2) is 15.3 Å². The summed E-state index contributed by atoms with van der Waals surface area (Å²) >= 11 is 0. The zero-order valence-corrected chi connectivity index (χ0v) is 35.4. The van der Waals surface area contributed by atoms with E-state index in [1.165, 1.54) is 55.6 Å². The normalized spacial score (nSPS) is 11.9. The molecule has 0 unspecified atom stereocenters. The first-order valence-electron chi connectivity index (χ1n) is 20.8. The second-order valence-electron chi connectivity index (χ2n) is 15.2.